The number of hydrogen-bond donors (Lipinski definition) is 2. The number of aryl methyl sites for hydroxylation is 1. The summed E-state index contributed by atoms with van der Waals surface area (Å²) in [7, 11) is 0. The van der Waals surface area contributed by atoms with Gasteiger partial charge in [-0.3, -0.25) is 14.9 Å². The summed E-state index contributed by atoms with van der Waals surface area (Å²) in [6.07, 6.45) is 0. The Kier molecular flexibility index (Phi) is 5.56. The first-order chi connectivity index (χ1) is 12.9. The lowest BCUT2D eigenvalue weighted by molar-refractivity contribution is -0.117. The molecule has 0 bridgehead atoms. The van der Waals surface area contributed by atoms with E-state index in [2.05, 4.69) is 20.8 Å². The monoisotopic (exact) mass is 384 g/mol. The third-order valence-electron chi connectivity index (χ3n) is 3.81. The number of hydrogen-bond acceptors (Lipinski definition) is 5. The predicted molar refractivity (Wildman–Crippen MR) is 102 cm³/mol. The quantitative estimate of drug-likeness (QED) is 0.706. The average molecular weight is 384 g/mol. The standard InChI is InChI=1S/C19H17FN4O2S/c1-11-7-9-13(10-8-11)18-23-24-19(27-18)22-16(25)12(2)21-17(26)14-5-3-4-6-15(14)20/h3-10,12H,1-2H3,(H,21,26)(H,22,24,25). The lowest BCUT2D eigenvalue weighted by Crippen LogP contribution is -2.41. The van der Waals surface area contributed by atoms with Crippen LogP contribution in [0.5, 0.6) is 0 Å². The lowest BCUT2D eigenvalue weighted by atomic mass is 10.2. The summed E-state index contributed by atoms with van der Waals surface area (Å²) < 4.78 is 13.6. The predicted octanol–water partition coefficient (Wildman–Crippen LogP) is 3.41. The van der Waals surface area contributed by atoms with Gasteiger partial charge in [-0.1, -0.05) is 53.3 Å². The first-order valence-electron chi connectivity index (χ1n) is 8.21. The molecule has 2 N–H and O–H groups in total. The van der Waals surface area contributed by atoms with Crippen molar-refractivity contribution in [1.82, 2.24) is 15.5 Å². The van der Waals surface area contributed by atoms with Crippen LogP contribution in [0.25, 0.3) is 10.6 Å². The van der Waals surface area contributed by atoms with E-state index in [0.29, 0.717) is 10.1 Å². The van der Waals surface area contributed by atoms with Crippen molar-refractivity contribution in [3.8, 4) is 10.6 Å². The molecule has 6 nitrogen and oxygen atoms in total. The highest BCUT2D eigenvalue weighted by Gasteiger charge is 2.20. The second-order valence-corrected chi connectivity index (χ2v) is 6.92. The van der Waals surface area contributed by atoms with Gasteiger partial charge < -0.3 is 5.32 Å². The van der Waals surface area contributed by atoms with Crippen LogP contribution in [-0.2, 0) is 4.79 Å². The summed E-state index contributed by atoms with van der Waals surface area (Å²) in [5.41, 5.74) is 1.92. The number of benzene rings is 2. The summed E-state index contributed by atoms with van der Waals surface area (Å²) in [6.45, 7) is 3.50. The smallest absolute Gasteiger partial charge is 0.254 e. The summed E-state index contributed by atoms with van der Waals surface area (Å²) >= 11 is 1.23. The Morgan fingerprint density at radius 3 is 2.48 bits per heavy atom. The summed E-state index contributed by atoms with van der Waals surface area (Å²) in [5.74, 6) is -1.77. The molecule has 8 heteroatoms. The van der Waals surface area contributed by atoms with Crippen molar-refractivity contribution in [2.75, 3.05) is 5.32 Å². The molecule has 1 atom stereocenters. The molecule has 1 heterocycles. The lowest BCUT2D eigenvalue weighted by Gasteiger charge is -2.13. The second kappa shape index (κ2) is 8.05. The summed E-state index contributed by atoms with van der Waals surface area (Å²) in [4.78, 5) is 24.4. The fraction of sp³-hybridized carbons (Fsp3) is 0.158. The van der Waals surface area contributed by atoms with E-state index in [0.717, 1.165) is 11.1 Å². The molecule has 3 aromatic rings. The fourth-order valence-electron chi connectivity index (χ4n) is 2.29. The van der Waals surface area contributed by atoms with Crippen LogP contribution in [0.15, 0.2) is 48.5 Å². The third kappa shape index (κ3) is 4.53. The second-order valence-electron chi connectivity index (χ2n) is 5.94. The maximum Gasteiger partial charge on any atom is 0.254 e. The SMILES string of the molecule is Cc1ccc(-c2nnc(NC(=O)C(C)NC(=O)c3ccccc3F)s2)cc1. The van der Waals surface area contributed by atoms with Gasteiger partial charge in [-0.05, 0) is 26.0 Å². The molecule has 1 unspecified atom stereocenters. The number of carbonyl (C=O) groups is 2. The zero-order valence-electron chi connectivity index (χ0n) is 14.7. The van der Waals surface area contributed by atoms with Crippen LogP contribution in [0.1, 0.15) is 22.8 Å². The highest BCUT2D eigenvalue weighted by Crippen LogP contribution is 2.26. The number of nitrogens with zero attached hydrogens (tertiary/aromatic N) is 2. The molecule has 27 heavy (non-hydrogen) atoms. The zero-order chi connectivity index (χ0) is 19.4. The minimum Gasteiger partial charge on any atom is -0.340 e. The van der Waals surface area contributed by atoms with Crippen LogP contribution in [-0.4, -0.2) is 28.1 Å². The minimum absolute atomic E-state index is 0.116. The van der Waals surface area contributed by atoms with Gasteiger partial charge in [0.1, 0.15) is 16.9 Å². The Bertz CT molecular complexity index is 972. The van der Waals surface area contributed by atoms with Crippen LogP contribution in [0.4, 0.5) is 9.52 Å². The van der Waals surface area contributed by atoms with Gasteiger partial charge in [0.05, 0.1) is 5.56 Å². The van der Waals surface area contributed by atoms with E-state index >= 15 is 0 Å². The Morgan fingerprint density at radius 2 is 1.78 bits per heavy atom. The van der Waals surface area contributed by atoms with E-state index in [1.807, 2.05) is 31.2 Å². The highest BCUT2D eigenvalue weighted by molar-refractivity contribution is 7.18. The van der Waals surface area contributed by atoms with Gasteiger partial charge >= 0.3 is 0 Å². The van der Waals surface area contributed by atoms with Gasteiger partial charge in [0, 0.05) is 5.56 Å². The largest absolute Gasteiger partial charge is 0.340 e. The maximum absolute atomic E-state index is 13.6. The molecule has 0 aliphatic rings. The van der Waals surface area contributed by atoms with E-state index in [9.17, 15) is 14.0 Å². The summed E-state index contributed by atoms with van der Waals surface area (Å²) in [6, 6.07) is 12.5. The van der Waals surface area contributed by atoms with E-state index in [1.165, 1.54) is 36.5 Å². The van der Waals surface area contributed by atoms with Crippen molar-refractivity contribution in [3.63, 3.8) is 0 Å². The fourth-order valence-corrected chi connectivity index (χ4v) is 3.04. The molecule has 0 radical (unpaired) electrons. The number of aromatic nitrogens is 2. The van der Waals surface area contributed by atoms with Crippen molar-refractivity contribution in [2.45, 2.75) is 19.9 Å². The molecule has 0 saturated carbocycles. The molecule has 0 aliphatic carbocycles. The number of carbonyl (C=O) groups excluding carboxylic acids is 2. The molecular formula is C19H17FN4O2S. The van der Waals surface area contributed by atoms with Crippen molar-refractivity contribution < 1.29 is 14.0 Å². The number of halogens is 1. The molecular weight excluding hydrogens is 367 g/mol. The van der Waals surface area contributed by atoms with Crippen LogP contribution >= 0.6 is 11.3 Å². The van der Waals surface area contributed by atoms with E-state index in [1.54, 1.807) is 6.07 Å². The van der Waals surface area contributed by atoms with Crippen molar-refractivity contribution in [2.24, 2.45) is 0 Å². The van der Waals surface area contributed by atoms with Gasteiger partial charge in [-0.2, -0.15) is 0 Å². The molecule has 0 aliphatic heterocycles. The highest BCUT2D eigenvalue weighted by atomic mass is 32.1. The Hall–Kier alpha value is -3.13. The van der Waals surface area contributed by atoms with Gasteiger partial charge in [0.25, 0.3) is 5.91 Å². The van der Waals surface area contributed by atoms with E-state index in [-0.39, 0.29) is 5.56 Å². The first kappa shape index (κ1) is 18.7. The topological polar surface area (TPSA) is 84.0 Å². The Labute approximate surface area is 159 Å². The van der Waals surface area contributed by atoms with Crippen molar-refractivity contribution >= 4 is 28.3 Å². The zero-order valence-corrected chi connectivity index (χ0v) is 15.5. The molecule has 2 aromatic carbocycles. The number of amides is 2. The molecule has 0 spiro atoms. The van der Waals surface area contributed by atoms with Gasteiger partial charge in [-0.25, -0.2) is 4.39 Å². The van der Waals surface area contributed by atoms with Crippen molar-refractivity contribution in [1.29, 1.82) is 0 Å². The Morgan fingerprint density at radius 1 is 1.07 bits per heavy atom. The average Bonchev–Trinajstić information content (AvgIpc) is 3.11. The first-order valence-corrected chi connectivity index (χ1v) is 9.02. The number of rotatable bonds is 5. The van der Waals surface area contributed by atoms with Crippen LogP contribution < -0.4 is 10.6 Å². The van der Waals surface area contributed by atoms with Gasteiger partial charge in [0.15, 0.2) is 0 Å². The number of nitrogens with one attached hydrogen (secondary N) is 2. The van der Waals surface area contributed by atoms with E-state index in [4.69, 9.17) is 0 Å². The Balaban J connectivity index is 1.62. The molecule has 2 amide bonds. The summed E-state index contributed by atoms with van der Waals surface area (Å²) in [5, 5.41) is 14.1. The van der Waals surface area contributed by atoms with Gasteiger partial charge in [0.2, 0.25) is 11.0 Å². The van der Waals surface area contributed by atoms with Crippen LogP contribution in [0.2, 0.25) is 0 Å². The molecule has 3 rings (SSSR count). The minimum atomic E-state index is -0.871. The maximum atomic E-state index is 13.6. The third-order valence-corrected chi connectivity index (χ3v) is 4.70. The van der Waals surface area contributed by atoms with Gasteiger partial charge in [-0.15, -0.1) is 10.2 Å². The molecule has 0 fully saturated rings. The van der Waals surface area contributed by atoms with Crippen LogP contribution in [0.3, 0.4) is 0 Å². The van der Waals surface area contributed by atoms with E-state index < -0.39 is 23.7 Å². The molecule has 0 saturated heterocycles. The molecule has 1 aromatic heterocycles. The molecule has 138 valence electrons. The normalized spacial score (nSPS) is 11.7. The van der Waals surface area contributed by atoms with Crippen molar-refractivity contribution in [3.05, 3.63) is 65.5 Å². The number of anilines is 1. The van der Waals surface area contributed by atoms with Crippen LogP contribution in [0, 0.1) is 12.7 Å².